The van der Waals surface area contributed by atoms with Crippen molar-refractivity contribution in [3.05, 3.63) is 42.2 Å². The molecule has 0 saturated carbocycles. The number of aromatic nitrogens is 2. The lowest BCUT2D eigenvalue weighted by molar-refractivity contribution is 0.101. The Kier molecular flexibility index (Phi) is 5.91. The molecule has 5 nitrogen and oxygen atoms in total. The number of halogens is 1. The van der Waals surface area contributed by atoms with Gasteiger partial charge in [-0.2, -0.15) is 0 Å². The molecule has 0 amide bonds. The van der Waals surface area contributed by atoms with Gasteiger partial charge in [-0.05, 0) is 18.2 Å². The first kappa shape index (κ1) is 16.4. The van der Waals surface area contributed by atoms with Crippen LogP contribution in [-0.2, 0) is 0 Å². The molecule has 1 heterocycles. The Hall–Kier alpha value is -1.93. The maximum atomic E-state index is 13.3. The molecular formula is C14H14FN3O2S2. The summed E-state index contributed by atoms with van der Waals surface area (Å²) in [4.78, 5) is 12.2. The Labute approximate surface area is 135 Å². The summed E-state index contributed by atoms with van der Waals surface area (Å²) in [6.07, 6.45) is 1.72. The Morgan fingerprint density at radius 1 is 1.55 bits per heavy atom. The van der Waals surface area contributed by atoms with Gasteiger partial charge in [0.2, 0.25) is 5.13 Å². The van der Waals surface area contributed by atoms with Crippen LogP contribution in [-0.4, -0.2) is 35.4 Å². The fourth-order valence-electron chi connectivity index (χ4n) is 1.60. The maximum absolute atomic E-state index is 13.3. The third-order valence-corrected chi connectivity index (χ3v) is 4.61. The van der Waals surface area contributed by atoms with Gasteiger partial charge in [0.25, 0.3) is 0 Å². The van der Waals surface area contributed by atoms with E-state index in [2.05, 4.69) is 22.1 Å². The Bertz CT molecular complexity index is 676. The third-order valence-electron chi connectivity index (χ3n) is 2.59. The molecule has 0 aliphatic heterocycles. The lowest BCUT2D eigenvalue weighted by Crippen LogP contribution is -2.05. The molecule has 0 spiro atoms. The van der Waals surface area contributed by atoms with Crippen LogP contribution in [0.25, 0.3) is 0 Å². The van der Waals surface area contributed by atoms with Gasteiger partial charge in [-0.3, -0.25) is 4.79 Å². The Morgan fingerprint density at radius 3 is 3.09 bits per heavy atom. The van der Waals surface area contributed by atoms with Crippen LogP contribution >= 0.6 is 23.1 Å². The van der Waals surface area contributed by atoms with E-state index in [9.17, 15) is 9.18 Å². The molecule has 0 atom stereocenters. The molecule has 116 valence electrons. The van der Waals surface area contributed by atoms with E-state index in [0.717, 1.165) is 0 Å². The number of hydrogen-bond acceptors (Lipinski definition) is 7. The second kappa shape index (κ2) is 7.90. The first-order valence-electron chi connectivity index (χ1n) is 6.32. The van der Waals surface area contributed by atoms with Gasteiger partial charge in [-0.15, -0.1) is 16.8 Å². The number of ketones is 1. The van der Waals surface area contributed by atoms with Crippen molar-refractivity contribution in [3.63, 3.8) is 0 Å². The lowest BCUT2D eigenvalue weighted by Gasteiger charge is -2.06. The van der Waals surface area contributed by atoms with Crippen molar-refractivity contribution < 1.29 is 13.9 Å². The van der Waals surface area contributed by atoms with Crippen molar-refractivity contribution in [2.75, 3.05) is 24.7 Å². The molecule has 0 aliphatic carbocycles. The normalized spacial score (nSPS) is 10.3. The number of carbonyl (C=O) groups excluding carboxylic acids is 1. The zero-order valence-electron chi connectivity index (χ0n) is 11.8. The number of anilines is 1. The molecule has 1 N–H and O–H groups in total. The molecule has 22 heavy (non-hydrogen) atoms. The van der Waals surface area contributed by atoms with Gasteiger partial charge in [0.1, 0.15) is 11.6 Å². The van der Waals surface area contributed by atoms with Gasteiger partial charge >= 0.3 is 0 Å². The van der Waals surface area contributed by atoms with Gasteiger partial charge in [0.05, 0.1) is 18.4 Å². The number of methoxy groups -OCH3 is 1. The number of carbonyl (C=O) groups is 1. The third kappa shape index (κ3) is 4.28. The van der Waals surface area contributed by atoms with E-state index >= 15 is 0 Å². The molecule has 0 aliphatic rings. The summed E-state index contributed by atoms with van der Waals surface area (Å²) in [7, 11) is 1.44. The summed E-state index contributed by atoms with van der Waals surface area (Å²) < 4.78 is 19.0. The van der Waals surface area contributed by atoms with E-state index in [1.54, 1.807) is 6.08 Å². The molecule has 8 heteroatoms. The van der Waals surface area contributed by atoms with Crippen molar-refractivity contribution in [1.82, 2.24) is 10.2 Å². The number of rotatable bonds is 8. The summed E-state index contributed by atoms with van der Waals surface area (Å²) >= 11 is 2.60. The number of benzene rings is 1. The summed E-state index contributed by atoms with van der Waals surface area (Å²) in [5.74, 6) is -0.202. The first-order chi connectivity index (χ1) is 10.6. The van der Waals surface area contributed by atoms with Crippen LogP contribution < -0.4 is 10.1 Å². The predicted octanol–water partition coefficient (Wildman–Crippen LogP) is 3.26. The average molecular weight is 339 g/mol. The molecular weight excluding hydrogens is 325 g/mol. The highest BCUT2D eigenvalue weighted by molar-refractivity contribution is 8.01. The Morgan fingerprint density at radius 2 is 2.36 bits per heavy atom. The van der Waals surface area contributed by atoms with Crippen LogP contribution in [0.15, 0.2) is 35.2 Å². The number of nitrogens with one attached hydrogen (secondary N) is 1. The minimum atomic E-state index is -0.471. The molecule has 0 unspecified atom stereocenters. The molecule has 1 aromatic carbocycles. The second-order valence-corrected chi connectivity index (χ2v) is 6.30. The summed E-state index contributed by atoms with van der Waals surface area (Å²) in [5.41, 5.74) is 0.226. The van der Waals surface area contributed by atoms with Gasteiger partial charge in [0.15, 0.2) is 10.1 Å². The highest BCUT2D eigenvalue weighted by atomic mass is 32.2. The molecule has 0 saturated heterocycles. The molecule has 0 radical (unpaired) electrons. The molecule has 0 bridgehead atoms. The average Bonchev–Trinajstić information content (AvgIpc) is 2.98. The molecule has 2 rings (SSSR count). The van der Waals surface area contributed by atoms with Gasteiger partial charge < -0.3 is 10.1 Å². The van der Waals surface area contributed by atoms with Crippen molar-refractivity contribution in [3.8, 4) is 5.75 Å². The van der Waals surface area contributed by atoms with Crippen molar-refractivity contribution in [1.29, 1.82) is 0 Å². The van der Waals surface area contributed by atoms with Crippen molar-refractivity contribution in [2.24, 2.45) is 0 Å². The smallest absolute Gasteiger partial charge is 0.206 e. The minimum Gasteiger partial charge on any atom is -0.496 e. The van der Waals surface area contributed by atoms with Crippen LogP contribution in [0.4, 0.5) is 9.52 Å². The molecule has 1 aromatic heterocycles. The number of thioether (sulfide) groups is 1. The predicted molar refractivity (Wildman–Crippen MR) is 86.6 cm³/mol. The van der Waals surface area contributed by atoms with Gasteiger partial charge in [-0.25, -0.2) is 4.39 Å². The fraction of sp³-hybridized carbons (Fsp3) is 0.214. The SMILES string of the molecule is C=CCNc1nnc(SCC(=O)c2cc(F)ccc2OC)s1. The monoisotopic (exact) mass is 339 g/mol. The largest absolute Gasteiger partial charge is 0.496 e. The second-order valence-electron chi connectivity index (χ2n) is 4.10. The quantitative estimate of drug-likeness (QED) is 0.452. The van der Waals surface area contributed by atoms with E-state index in [1.165, 1.54) is 48.4 Å². The number of hydrogen-bond donors (Lipinski definition) is 1. The maximum Gasteiger partial charge on any atom is 0.206 e. The Balaban J connectivity index is 1.99. The summed E-state index contributed by atoms with van der Waals surface area (Å²) in [5, 5.41) is 11.6. The van der Waals surface area contributed by atoms with Crippen molar-refractivity contribution in [2.45, 2.75) is 4.34 Å². The standard InChI is InChI=1S/C14H14FN3O2S2/c1-3-6-16-13-17-18-14(22-13)21-8-11(19)10-7-9(15)4-5-12(10)20-2/h3-5,7H,1,6,8H2,2H3,(H,16,17). The highest BCUT2D eigenvalue weighted by Gasteiger charge is 2.15. The van der Waals surface area contributed by atoms with Gasteiger partial charge in [-0.1, -0.05) is 29.2 Å². The summed E-state index contributed by atoms with van der Waals surface area (Å²) in [6, 6.07) is 3.87. The van der Waals surface area contributed by atoms with E-state index in [1.807, 2.05) is 0 Å². The van der Waals surface area contributed by atoms with E-state index < -0.39 is 5.82 Å². The van der Waals surface area contributed by atoms with Gasteiger partial charge in [0, 0.05) is 6.54 Å². The van der Waals surface area contributed by atoms with Crippen molar-refractivity contribution >= 4 is 34.0 Å². The molecule has 0 fully saturated rings. The van der Waals surface area contributed by atoms with Crippen LogP contribution in [0.3, 0.4) is 0 Å². The fourth-order valence-corrected chi connectivity index (χ4v) is 3.24. The highest BCUT2D eigenvalue weighted by Crippen LogP contribution is 2.27. The number of ether oxygens (including phenoxy) is 1. The number of Topliss-reactive ketones (excluding diaryl/α,β-unsaturated/α-hetero) is 1. The molecule has 2 aromatic rings. The lowest BCUT2D eigenvalue weighted by atomic mass is 10.1. The minimum absolute atomic E-state index is 0.135. The van der Waals surface area contributed by atoms with E-state index in [0.29, 0.717) is 21.8 Å². The van der Waals surface area contributed by atoms with E-state index in [4.69, 9.17) is 4.74 Å². The first-order valence-corrected chi connectivity index (χ1v) is 8.12. The van der Waals surface area contributed by atoms with Crippen LogP contribution in [0.2, 0.25) is 0 Å². The van der Waals surface area contributed by atoms with Crippen LogP contribution in [0, 0.1) is 5.82 Å². The topological polar surface area (TPSA) is 64.1 Å². The van der Waals surface area contributed by atoms with E-state index in [-0.39, 0.29) is 17.1 Å². The zero-order chi connectivity index (χ0) is 15.9. The zero-order valence-corrected chi connectivity index (χ0v) is 13.5. The van der Waals surface area contributed by atoms with Crippen LogP contribution in [0.1, 0.15) is 10.4 Å². The van der Waals surface area contributed by atoms with Crippen LogP contribution in [0.5, 0.6) is 5.75 Å². The summed E-state index contributed by atoms with van der Waals surface area (Å²) in [6.45, 7) is 4.20. The number of nitrogens with zero attached hydrogens (tertiary/aromatic N) is 2.